The van der Waals surface area contributed by atoms with E-state index in [0.29, 0.717) is 25.0 Å². The number of benzene rings is 1. The molecule has 2 aromatic rings. The van der Waals surface area contributed by atoms with E-state index in [0.717, 1.165) is 49.9 Å². The molecule has 1 amide bonds. The number of carbonyl (C=O) groups is 1. The number of hydrogen-bond acceptors (Lipinski definition) is 6. The monoisotopic (exact) mass is 461 g/mol. The minimum absolute atomic E-state index is 0.150. The van der Waals surface area contributed by atoms with Crippen molar-refractivity contribution in [1.82, 2.24) is 19.8 Å². The molecule has 33 heavy (non-hydrogen) atoms. The van der Waals surface area contributed by atoms with E-state index in [1.54, 1.807) is 17.3 Å². The van der Waals surface area contributed by atoms with Crippen LogP contribution in [-0.4, -0.2) is 51.2 Å². The number of carbonyl (C=O) groups excluding carboxylic acids is 1. The molecule has 1 aliphatic carbocycles. The van der Waals surface area contributed by atoms with Gasteiger partial charge in [-0.1, -0.05) is 12.1 Å². The van der Waals surface area contributed by atoms with Gasteiger partial charge in [0.25, 0.3) is 0 Å². The average Bonchev–Trinajstić information content (AvgIpc) is 3.59. The van der Waals surface area contributed by atoms with Crippen LogP contribution >= 0.6 is 0 Å². The van der Waals surface area contributed by atoms with Gasteiger partial charge >= 0.3 is 6.18 Å². The van der Waals surface area contributed by atoms with Gasteiger partial charge in [-0.2, -0.15) is 13.2 Å². The van der Waals surface area contributed by atoms with Crippen LogP contribution in [0.1, 0.15) is 60.9 Å². The number of rotatable bonds is 5. The molecule has 3 heterocycles. The highest BCUT2D eigenvalue weighted by molar-refractivity contribution is 5.83. The molecule has 0 radical (unpaired) electrons. The molecule has 1 aromatic carbocycles. The quantitative estimate of drug-likeness (QED) is 0.735. The zero-order chi connectivity index (χ0) is 23.2. The molecule has 176 valence electrons. The van der Waals surface area contributed by atoms with E-state index in [1.807, 2.05) is 0 Å². The molecule has 0 bridgehead atoms. The lowest BCUT2D eigenvalue weighted by atomic mass is 10.0. The van der Waals surface area contributed by atoms with Crippen LogP contribution in [0, 0.1) is 0 Å². The molecular weight excluding hydrogens is 435 g/mol. The molecule has 0 spiro atoms. The van der Waals surface area contributed by atoms with E-state index >= 15 is 0 Å². The molecule has 10 heteroatoms. The normalized spacial score (nSPS) is 24.4. The van der Waals surface area contributed by atoms with E-state index in [9.17, 15) is 18.0 Å². The third kappa shape index (κ3) is 4.67. The summed E-state index contributed by atoms with van der Waals surface area (Å²) in [5.74, 6) is 0.575. The zero-order valence-electron chi connectivity index (χ0n) is 18.0. The van der Waals surface area contributed by atoms with Gasteiger partial charge in [0.05, 0.1) is 30.3 Å². The predicted molar refractivity (Wildman–Crippen MR) is 113 cm³/mol. The van der Waals surface area contributed by atoms with Crippen LogP contribution in [0.5, 0.6) is 5.88 Å². The second kappa shape index (κ2) is 8.57. The maximum Gasteiger partial charge on any atom is 0.416 e. The Hall–Kier alpha value is -2.72. The van der Waals surface area contributed by atoms with E-state index in [1.165, 1.54) is 12.1 Å². The Morgan fingerprint density at radius 3 is 2.64 bits per heavy atom. The Bertz CT molecular complexity index is 1010. The summed E-state index contributed by atoms with van der Waals surface area (Å²) >= 11 is 0. The first-order valence-corrected chi connectivity index (χ1v) is 11.3. The maximum absolute atomic E-state index is 13.1. The fourth-order valence-electron chi connectivity index (χ4n) is 4.66. The number of ether oxygens (including phenoxy) is 1. The number of halogens is 3. The summed E-state index contributed by atoms with van der Waals surface area (Å²) < 4.78 is 45.2. The van der Waals surface area contributed by atoms with Gasteiger partial charge in [-0.15, -0.1) is 0 Å². The highest BCUT2D eigenvalue weighted by atomic mass is 19.4. The number of nitrogens with two attached hydrogens (primary N) is 1. The summed E-state index contributed by atoms with van der Waals surface area (Å²) in [5, 5.41) is 0. The van der Waals surface area contributed by atoms with Crippen LogP contribution in [0.15, 0.2) is 36.7 Å². The van der Waals surface area contributed by atoms with Crippen molar-refractivity contribution < 1.29 is 22.7 Å². The topological polar surface area (TPSA) is 84.6 Å². The van der Waals surface area contributed by atoms with Gasteiger partial charge in [0.1, 0.15) is 6.04 Å². The maximum atomic E-state index is 13.1. The van der Waals surface area contributed by atoms with Gasteiger partial charge in [-0.05, 0) is 49.8 Å². The number of hydrogen-bond donors (Lipinski definition) is 1. The molecule has 1 unspecified atom stereocenters. The van der Waals surface area contributed by atoms with Crippen molar-refractivity contribution in [3.63, 3.8) is 0 Å². The van der Waals surface area contributed by atoms with Gasteiger partial charge in [0.15, 0.2) is 6.23 Å². The Morgan fingerprint density at radius 2 is 1.94 bits per heavy atom. The summed E-state index contributed by atoms with van der Waals surface area (Å²) in [5.41, 5.74) is 6.42. The highest BCUT2D eigenvalue weighted by Crippen LogP contribution is 2.39. The standard InChI is InChI=1S/C23H26F3N5O2/c24-23(25,26)16-3-1-2-15(10-16)21(27)22(32)30-9-8-17-6-7-20(31(17)13-30)33-19-12-28-18(11-29-19)14-4-5-14/h1-3,10-12,14,17,20-21H,4-9,13,27H2/t17-,20-,21?/m0/s1. The third-order valence-electron chi connectivity index (χ3n) is 6.70. The number of alkyl halides is 3. The van der Waals surface area contributed by atoms with Crippen molar-refractivity contribution in [1.29, 1.82) is 0 Å². The molecule has 1 saturated carbocycles. The van der Waals surface area contributed by atoms with Crippen LogP contribution in [0.4, 0.5) is 13.2 Å². The lowest BCUT2D eigenvalue weighted by Gasteiger charge is -2.40. The average molecular weight is 461 g/mol. The van der Waals surface area contributed by atoms with Crippen molar-refractivity contribution in [2.75, 3.05) is 13.2 Å². The first-order valence-electron chi connectivity index (χ1n) is 11.3. The first-order chi connectivity index (χ1) is 15.8. The fourth-order valence-corrected chi connectivity index (χ4v) is 4.66. The number of nitrogens with zero attached hydrogens (tertiary/aromatic N) is 4. The Kier molecular flexibility index (Phi) is 5.74. The van der Waals surface area contributed by atoms with E-state index in [4.69, 9.17) is 10.5 Å². The second-order valence-corrected chi connectivity index (χ2v) is 9.00. The number of amides is 1. The summed E-state index contributed by atoms with van der Waals surface area (Å²) in [6.07, 6.45) is 3.50. The van der Waals surface area contributed by atoms with Crippen LogP contribution < -0.4 is 10.5 Å². The SMILES string of the molecule is NC(C(=O)N1CC[C@@H]2CC[C@H](Oc3cnc(C4CC4)cn3)N2C1)c1cccc(C(F)(F)F)c1. The van der Waals surface area contributed by atoms with Gasteiger partial charge in [0.2, 0.25) is 11.8 Å². The largest absolute Gasteiger partial charge is 0.457 e. The predicted octanol–water partition coefficient (Wildman–Crippen LogP) is 3.43. The van der Waals surface area contributed by atoms with Crippen LogP contribution in [0.25, 0.3) is 0 Å². The highest BCUT2D eigenvalue weighted by Gasteiger charge is 2.41. The van der Waals surface area contributed by atoms with Crippen LogP contribution in [-0.2, 0) is 11.0 Å². The molecule has 2 N–H and O–H groups in total. The Labute approximate surface area is 189 Å². The van der Waals surface area contributed by atoms with E-state index in [-0.39, 0.29) is 17.8 Å². The van der Waals surface area contributed by atoms with Gasteiger partial charge in [-0.3, -0.25) is 9.78 Å². The molecule has 3 fully saturated rings. The summed E-state index contributed by atoms with van der Waals surface area (Å²) in [7, 11) is 0. The van der Waals surface area contributed by atoms with Crippen LogP contribution in [0.2, 0.25) is 0 Å². The molecule has 2 saturated heterocycles. The minimum atomic E-state index is -4.49. The summed E-state index contributed by atoms with van der Waals surface area (Å²) in [6, 6.07) is 3.77. The summed E-state index contributed by atoms with van der Waals surface area (Å²) in [4.78, 5) is 25.6. The van der Waals surface area contributed by atoms with Gasteiger partial charge in [-0.25, -0.2) is 9.88 Å². The molecule has 3 atom stereocenters. The fraction of sp³-hybridized carbons (Fsp3) is 0.522. The van der Waals surface area contributed by atoms with Crippen molar-refractivity contribution in [3.8, 4) is 5.88 Å². The molecule has 2 aliphatic heterocycles. The van der Waals surface area contributed by atoms with Crippen molar-refractivity contribution in [2.24, 2.45) is 5.73 Å². The zero-order valence-corrected chi connectivity index (χ0v) is 18.0. The minimum Gasteiger partial charge on any atom is -0.457 e. The molecule has 5 rings (SSSR count). The lowest BCUT2D eigenvalue weighted by Crippen LogP contribution is -2.55. The van der Waals surface area contributed by atoms with E-state index < -0.39 is 23.7 Å². The Morgan fingerprint density at radius 1 is 1.12 bits per heavy atom. The van der Waals surface area contributed by atoms with Crippen LogP contribution in [0.3, 0.4) is 0 Å². The number of aromatic nitrogens is 2. The van der Waals surface area contributed by atoms with Gasteiger partial charge in [0, 0.05) is 18.5 Å². The summed E-state index contributed by atoms with van der Waals surface area (Å²) in [6.45, 7) is 0.823. The molecule has 7 nitrogen and oxygen atoms in total. The third-order valence-corrected chi connectivity index (χ3v) is 6.70. The van der Waals surface area contributed by atoms with Crippen molar-refractivity contribution in [3.05, 3.63) is 53.5 Å². The molecule has 3 aliphatic rings. The van der Waals surface area contributed by atoms with Crippen molar-refractivity contribution >= 4 is 5.91 Å². The smallest absolute Gasteiger partial charge is 0.416 e. The van der Waals surface area contributed by atoms with E-state index in [2.05, 4.69) is 14.9 Å². The Balaban J connectivity index is 1.24. The lowest BCUT2D eigenvalue weighted by molar-refractivity contribution is -0.141. The molecular formula is C23H26F3N5O2. The number of fused-ring (bicyclic) bond motifs is 1. The molecule has 1 aromatic heterocycles. The second-order valence-electron chi connectivity index (χ2n) is 9.00. The van der Waals surface area contributed by atoms with Gasteiger partial charge < -0.3 is 15.4 Å². The first kappa shape index (κ1) is 22.1. The van der Waals surface area contributed by atoms with Crippen molar-refractivity contribution in [2.45, 2.75) is 62.5 Å².